The first kappa shape index (κ1) is 13.2. The number of para-hydroxylation sites is 2. The zero-order valence-corrected chi connectivity index (χ0v) is 11.9. The smallest absolute Gasteiger partial charge is 0.167 e. The molecule has 0 unspecified atom stereocenters. The molecule has 0 aliphatic heterocycles. The molecule has 1 aromatic carbocycles. The van der Waals surface area contributed by atoms with E-state index in [-0.39, 0.29) is 5.25 Å². The van der Waals surface area contributed by atoms with Gasteiger partial charge >= 0.3 is 0 Å². The first-order chi connectivity index (χ1) is 9.86. The Morgan fingerprint density at radius 3 is 2.95 bits per heavy atom. The molecule has 2 aromatic rings. The van der Waals surface area contributed by atoms with Gasteiger partial charge in [-0.3, -0.25) is 0 Å². The third-order valence-electron chi connectivity index (χ3n) is 3.45. The maximum Gasteiger partial charge on any atom is 0.167 e. The van der Waals surface area contributed by atoms with Crippen LogP contribution < -0.4 is 0 Å². The molecule has 0 bridgehead atoms. The van der Waals surface area contributed by atoms with Crippen LogP contribution in [0.4, 0.5) is 0 Å². The minimum Gasteiger partial charge on any atom is -0.411 e. The third kappa shape index (κ3) is 2.88. The Hall–Kier alpha value is -1.75. The van der Waals surface area contributed by atoms with E-state index in [1.54, 1.807) is 11.8 Å². The van der Waals surface area contributed by atoms with Crippen LogP contribution in [0.2, 0.25) is 0 Å². The topological polar surface area (TPSA) is 61.3 Å². The van der Waals surface area contributed by atoms with Crippen molar-refractivity contribution in [1.82, 2.24) is 9.97 Å². The number of thioether (sulfide) groups is 1. The molecule has 0 saturated heterocycles. The van der Waals surface area contributed by atoms with E-state index in [4.69, 9.17) is 0 Å². The van der Waals surface area contributed by atoms with Crippen molar-refractivity contribution in [3.63, 3.8) is 0 Å². The Morgan fingerprint density at radius 1 is 1.25 bits per heavy atom. The van der Waals surface area contributed by atoms with Crippen LogP contribution >= 0.6 is 11.8 Å². The molecule has 5 heteroatoms. The van der Waals surface area contributed by atoms with E-state index in [1.165, 1.54) is 0 Å². The van der Waals surface area contributed by atoms with Crippen LogP contribution in [0.5, 0.6) is 0 Å². The maximum absolute atomic E-state index is 9.22. The number of aromatic amines is 1. The highest BCUT2D eigenvalue weighted by molar-refractivity contribution is 8.00. The van der Waals surface area contributed by atoms with E-state index in [1.807, 2.05) is 24.3 Å². The number of allylic oxidation sites excluding steroid dienone is 2. The summed E-state index contributed by atoms with van der Waals surface area (Å²) in [5, 5.41) is 13.8. The van der Waals surface area contributed by atoms with Gasteiger partial charge in [0.05, 0.1) is 22.0 Å². The summed E-state index contributed by atoms with van der Waals surface area (Å²) >= 11 is 1.65. The molecule has 4 nitrogen and oxygen atoms in total. The van der Waals surface area contributed by atoms with Gasteiger partial charge < -0.3 is 10.2 Å². The van der Waals surface area contributed by atoms with E-state index < -0.39 is 0 Å². The summed E-state index contributed by atoms with van der Waals surface area (Å²) in [4.78, 5) is 7.90. The van der Waals surface area contributed by atoms with E-state index in [9.17, 15) is 5.21 Å². The van der Waals surface area contributed by atoms with Crippen LogP contribution in [0.25, 0.3) is 11.0 Å². The molecule has 2 N–H and O–H groups in total. The zero-order valence-electron chi connectivity index (χ0n) is 11.1. The molecule has 3 rings (SSSR count). The molecule has 20 heavy (non-hydrogen) atoms. The minimum atomic E-state index is 0.186. The number of fused-ring (bicyclic) bond motifs is 1. The SMILES string of the molecule is O/N=C1\CCC=CCC[C@@H]1Sc1nc2ccccc2[nH]1. The molecule has 104 valence electrons. The average Bonchev–Trinajstić information content (AvgIpc) is 2.84. The quantitative estimate of drug-likeness (QED) is 0.499. The van der Waals surface area contributed by atoms with Crippen molar-refractivity contribution in [2.24, 2.45) is 5.16 Å². The summed E-state index contributed by atoms with van der Waals surface area (Å²) in [5.41, 5.74) is 2.88. The van der Waals surface area contributed by atoms with Crippen molar-refractivity contribution in [2.45, 2.75) is 36.1 Å². The van der Waals surface area contributed by atoms with Gasteiger partial charge in [-0.25, -0.2) is 4.98 Å². The third-order valence-corrected chi connectivity index (χ3v) is 4.66. The van der Waals surface area contributed by atoms with Crippen molar-refractivity contribution in [2.75, 3.05) is 0 Å². The molecular formula is C15H17N3OS. The molecule has 1 heterocycles. The second kappa shape index (κ2) is 6.13. The largest absolute Gasteiger partial charge is 0.411 e. The molecule has 1 atom stereocenters. The lowest BCUT2D eigenvalue weighted by Gasteiger charge is -2.17. The van der Waals surface area contributed by atoms with Gasteiger partial charge in [-0.1, -0.05) is 41.2 Å². The van der Waals surface area contributed by atoms with Crippen LogP contribution in [-0.4, -0.2) is 26.1 Å². The highest BCUT2D eigenvalue weighted by Gasteiger charge is 2.20. The van der Waals surface area contributed by atoms with E-state index in [0.29, 0.717) is 0 Å². The number of nitrogens with zero attached hydrogens (tertiary/aromatic N) is 2. The predicted molar refractivity (Wildman–Crippen MR) is 82.6 cm³/mol. The first-order valence-corrected chi connectivity index (χ1v) is 7.72. The van der Waals surface area contributed by atoms with Gasteiger partial charge in [0.2, 0.25) is 0 Å². The van der Waals surface area contributed by atoms with Gasteiger partial charge in [0.1, 0.15) is 0 Å². The number of hydrogen-bond acceptors (Lipinski definition) is 4. The number of oxime groups is 1. The fraction of sp³-hybridized carbons (Fsp3) is 0.333. The standard InChI is InChI=1S/C15H17N3OS/c19-18-13-9-3-1-2-4-10-14(13)20-15-16-11-7-5-6-8-12(11)17-15/h1-2,5-8,14,19H,3-4,9-10H2,(H,16,17)/b2-1?,18-13+/t14-/m0/s1. The van der Waals surface area contributed by atoms with Crippen LogP contribution in [0, 0.1) is 0 Å². The number of aromatic nitrogens is 2. The Morgan fingerprint density at radius 2 is 2.10 bits per heavy atom. The molecule has 0 saturated carbocycles. The Kier molecular flexibility index (Phi) is 4.06. The molecule has 0 radical (unpaired) electrons. The number of hydrogen-bond donors (Lipinski definition) is 2. The van der Waals surface area contributed by atoms with Crippen LogP contribution in [0.3, 0.4) is 0 Å². The van der Waals surface area contributed by atoms with E-state index in [2.05, 4.69) is 27.3 Å². The van der Waals surface area contributed by atoms with Gasteiger partial charge in [-0.2, -0.15) is 0 Å². The first-order valence-electron chi connectivity index (χ1n) is 6.84. The molecule has 0 fully saturated rings. The Labute approximate surface area is 122 Å². The van der Waals surface area contributed by atoms with E-state index in [0.717, 1.165) is 47.6 Å². The summed E-state index contributed by atoms with van der Waals surface area (Å²) in [6.07, 6.45) is 8.10. The fourth-order valence-electron chi connectivity index (χ4n) is 2.40. The van der Waals surface area contributed by atoms with Gasteiger partial charge in [-0.05, 0) is 37.8 Å². The molecule has 1 aliphatic carbocycles. The second-order valence-electron chi connectivity index (χ2n) is 4.84. The highest BCUT2D eigenvalue weighted by atomic mass is 32.2. The summed E-state index contributed by atoms with van der Waals surface area (Å²) in [7, 11) is 0. The lowest BCUT2D eigenvalue weighted by molar-refractivity contribution is 0.316. The lowest BCUT2D eigenvalue weighted by Crippen LogP contribution is -2.18. The van der Waals surface area contributed by atoms with Crippen molar-refractivity contribution in [3.05, 3.63) is 36.4 Å². The van der Waals surface area contributed by atoms with Crippen LogP contribution in [0.1, 0.15) is 25.7 Å². The molecule has 1 aliphatic rings. The minimum absolute atomic E-state index is 0.186. The van der Waals surface area contributed by atoms with Gasteiger partial charge in [-0.15, -0.1) is 0 Å². The van der Waals surface area contributed by atoms with Gasteiger partial charge in [0, 0.05) is 0 Å². The monoisotopic (exact) mass is 287 g/mol. The zero-order chi connectivity index (χ0) is 13.8. The van der Waals surface area contributed by atoms with E-state index >= 15 is 0 Å². The average molecular weight is 287 g/mol. The lowest BCUT2D eigenvalue weighted by atomic mass is 10.0. The predicted octanol–water partition coefficient (Wildman–Crippen LogP) is 3.98. The number of H-pyrrole nitrogens is 1. The van der Waals surface area contributed by atoms with Crippen molar-refractivity contribution < 1.29 is 5.21 Å². The van der Waals surface area contributed by atoms with Crippen LogP contribution in [-0.2, 0) is 0 Å². The summed E-state index contributed by atoms with van der Waals surface area (Å²) in [6.45, 7) is 0. The van der Waals surface area contributed by atoms with Gasteiger partial charge in [0.15, 0.2) is 5.16 Å². The second-order valence-corrected chi connectivity index (χ2v) is 6.04. The normalized spacial score (nSPS) is 22.0. The molecular weight excluding hydrogens is 270 g/mol. The number of rotatable bonds is 2. The maximum atomic E-state index is 9.22. The summed E-state index contributed by atoms with van der Waals surface area (Å²) in [5.74, 6) is 0. The number of benzene rings is 1. The van der Waals surface area contributed by atoms with Crippen molar-refractivity contribution in [3.8, 4) is 0 Å². The highest BCUT2D eigenvalue weighted by Crippen LogP contribution is 2.29. The molecule has 1 aromatic heterocycles. The fourth-order valence-corrected chi connectivity index (χ4v) is 3.55. The Bertz CT molecular complexity index is 614. The van der Waals surface area contributed by atoms with Gasteiger partial charge in [0.25, 0.3) is 0 Å². The summed E-state index contributed by atoms with van der Waals surface area (Å²) in [6, 6.07) is 8.00. The molecule has 0 amide bonds. The number of nitrogens with one attached hydrogen (secondary N) is 1. The Balaban J connectivity index is 1.82. The number of imidazole rings is 1. The van der Waals surface area contributed by atoms with Crippen LogP contribution in [0.15, 0.2) is 46.7 Å². The van der Waals surface area contributed by atoms with Crippen molar-refractivity contribution in [1.29, 1.82) is 0 Å². The summed E-state index contributed by atoms with van der Waals surface area (Å²) < 4.78 is 0. The molecule has 0 spiro atoms. The van der Waals surface area contributed by atoms with Crippen molar-refractivity contribution >= 4 is 28.5 Å².